The van der Waals surface area contributed by atoms with E-state index in [0.717, 1.165) is 32.5 Å². The fraction of sp³-hybridized carbons (Fsp3) is 0.118. The van der Waals surface area contributed by atoms with Crippen LogP contribution in [0.25, 0.3) is 11.1 Å². The maximum Gasteiger partial charge on any atom is 0.136 e. The predicted molar refractivity (Wildman–Crippen MR) is 91.6 cm³/mol. The zero-order valence-corrected chi connectivity index (χ0v) is 13.7. The molecule has 5 heteroatoms. The van der Waals surface area contributed by atoms with Crippen molar-refractivity contribution in [3.8, 4) is 16.9 Å². The Kier molecular flexibility index (Phi) is 4.15. The van der Waals surface area contributed by atoms with Crippen molar-refractivity contribution < 1.29 is 4.74 Å². The van der Waals surface area contributed by atoms with Gasteiger partial charge in [-0.05, 0) is 51.7 Å². The van der Waals surface area contributed by atoms with Crippen LogP contribution >= 0.6 is 15.9 Å². The second-order valence-electron chi connectivity index (χ2n) is 5.08. The van der Waals surface area contributed by atoms with E-state index in [4.69, 9.17) is 10.5 Å². The summed E-state index contributed by atoms with van der Waals surface area (Å²) in [6.45, 7) is 2.55. The van der Waals surface area contributed by atoms with Crippen molar-refractivity contribution in [1.29, 1.82) is 0 Å². The van der Waals surface area contributed by atoms with Gasteiger partial charge in [-0.15, -0.1) is 0 Å². The maximum atomic E-state index is 5.95. The topological polar surface area (TPSA) is 63.9 Å². The van der Waals surface area contributed by atoms with E-state index in [-0.39, 0.29) is 0 Å². The molecule has 0 fully saturated rings. The van der Waals surface area contributed by atoms with Gasteiger partial charge in [0, 0.05) is 5.56 Å². The summed E-state index contributed by atoms with van der Waals surface area (Å²) in [6.07, 6.45) is 1.72. The number of nitrogens with zero attached hydrogens (tertiary/aromatic N) is 1. The first-order valence-electron chi connectivity index (χ1n) is 6.91. The Bertz CT molecular complexity index is 761. The Morgan fingerprint density at radius 3 is 2.64 bits per heavy atom. The molecule has 0 spiro atoms. The number of nitrogens with two attached hydrogens (primary N) is 1. The summed E-state index contributed by atoms with van der Waals surface area (Å²) in [5.74, 6) is 1.40. The normalized spacial score (nSPS) is 10.6. The van der Waals surface area contributed by atoms with Gasteiger partial charge < -0.3 is 10.5 Å². The average molecular weight is 358 g/mol. The van der Waals surface area contributed by atoms with Gasteiger partial charge in [-0.1, -0.05) is 30.3 Å². The standard InChI is InChI=1S/C17H16BrN3O/c1-11-7-13(14-9-20-21-17(14)19)8-15(18)16(11)22-10-12-5-3-2-4-6-12/h2-9H,10H2,1H3,(H3,19,20,21). The summed E-state index contributed by atoms with van der Waals surface area (Å²) in [5, 5.41) is 6.71. The van der Waals surface area contributed by atoms with Gasteiger partial charge >= 0.3 is 0 Å². The molecule has 112 valence electrons. The highest BCUT2D eigenvalue weighted by atomic mass is 79.9. The number of benzene rings is 2. The molecule has 3 aromatic rings. The molecular weight excluding hydrogens is 342 g/mol. The minimum atomic E-state index is 0.535. The lowest BCUT2D eigenvalue weighted by atomic mass is 10.1. The van der Waals surface area contributed by atoms with Crippen molar-refractivity contribution in [2.75, 3.05) is 5.73 Å². The smallest absolute Gasteiger partial charge is 0.136 e. The first-order chi connectivity index (χ1) is 10.6. The maximum absolute atomic E-state index is 5.95. The number of H-pyrrole nitrogens is 1. The Morgan fingerprint density at radius 2 is 2.00 bits per heavy atom. The third-order valence-electron chi connectivity index (χ3n) is 3.44. The van der Waals surface area contributed by atoms with Crippen LogP contribution in [0, 0.1) is 6.92 Å². The molecule has 2 aromatic carbocycles. The quantitative estimate of drug-likeness (QED) is 0.731. The van der Waals surface area contributed by atoms with Crippen molar-refractivity contribution >= 4 is 21.7 Å². The number of nitrogens with one attached hydrogen (secondary N) is 1. The number of aryl methyl sites for hydroxylation is 1. The molecule has 0 bridgehead atoms. The zero-order valence-electron chi connectivity index (χ0n) is 12.1. The van der Waals surface area contributed by atoms with Gasteiger partial charge in [-0.3, -0.25) is 5.10 Å². The number of aromatic amines is 1. The van der Waals surface area contributed by atoms with Gasteiger partial charge in [-0.2, -0.15) is 5.10 Å². The number of anilines is 1. The van der Waals surface area contributed by atoms with Gasteiger partial charge in [0.05, 0.1) is 10.7 Å². The molecule has 0 atom stereocenters. The van der Waals surface area contributed by atoms with Crippen LogP contribution in [0.1, 0.15) is 11.1 Å². The number of aromatic nitrogens is 2. The molecule has 0 unspecified atom stereocenters. The summed E-state index contributed by atoms with van der Waals surface area (Å²) >= 11 is 3.59. The minimum Gasteiger partial charge on any atom is -0.487 e. The predicted octanol–water partition coefficient (Wildman–Crippen LogP) is 4.31. The molecule has 3 rings (SSSR count). The lowest BCUT2D eigenvalue weighted by Gasteiger charge is -2.13. The Hall–Kier alpha value is -2.27. The minimum absolute atomic E-state index is 0.535. The number of nitrogen functional groups attached to an aromatic ring is 1. The molecule has 4 nitrogen and oxygen atoms in total. The fourth-order valence-corrected chi connectivity index (χ4v) is 3.00. The number of ether oxygens (including phenoxy) is 1. The lowest BCUT2D eigenvalue weighted by Crippen LogP contribution is -1.98. The largest absolute Gasteiger partial charge is 0.487 e. The molecule has 22 heavy (non-hydrogen) atoms. The van der Waals surface area contributed by atoms with E-state index in [9.17, 15) is 0 Å². The Balaban J connectivity index is 1.86. The van der Waals surface area contributed by atoms with E-state index in [1.54, 1.807) is 6.20 Å². The van der Waals surface area contributed by atoms with E-state index < -0.39 is 0 Å². The monoisotopic (exact) mass is 357 g/mol. The first kappa shape index (κ1) is 14.7. The van der Waals surface area contributed by atoms with Gasteiger partial charge in [0.25, 0.3) is 0 Å². The number of rotatable bonds is 4. The molecule has 0 amide bonds. The second-order valence-corrected chi connectivity index (χ2v) is 5.93. The molecule has 3 N–H and O–H groups in total. The van der Waals surface area contributed by atoms with Crippen molar-refractivity contribution in [2.45, 2.75) is 13.5 Å². The van der Waals surface area contributed by atoms with Crippen LogP contribution in [0.5, 0.6) is 5.75 Å². The highest BCUT2D eigenvalue weighted by Gasteiger charge is 2.12. The third kappa shape index (κ3) is 2.99. The molecule has 0 aliphatic rings. The Morgan fingerprint density at radius 1 is 1.23 bits per heavy atom. The van der Waals surface area contributed by atoms with E-state index in [1.165, 1.54) is 0 Å². The van der Waals surface area contributed by atoms with Crippen LogP contribution < -0.4 is 10.5 Å². The van der Waals surface area contributed by atoms with E-state index in [1.807, 2.05) is 49.4 Å². The van der Waals surface area contributed by atoms with Crippen LogP contribution in [0.2, 0.25) is 0 Å². The van der Waals surface area contributed by atoms with Crippen molar-refractivity contribution in [2.24, 2.45) is 0 Å². The van der Waals surface area contributed by atoms with Gasteiger partial charge in [0.1, 0.15) is 18.2 Å². The molecule has 1 heterocycles. The van der Waals surface area contributed by atoms with Crippen molar-refractivity contribution in [1.82, 2.24) is 10.2 Å². The third-order valence-corrected chi connectivity index (χ3v) is 4.02. The van der Waals surface area contributed by atoms with Crippen LogP contribution in [0.15, 0.2) is 53.1 Å². The zero-order chi connectivity index (χ0) is 15.5. The van der Waals surface area contributed by atoms with Gasteiger partial charge in [-0.25, -0.2) is 0 Å². The SMILES string of the molecule is Cc1cc(-c2cn[nH]c2N)cc(Br)c1OCc1ccccc1. The van der Waals surface area contributed by atoms with Crippen molar-refractivity contribution in [3.05, 3.63) is 64.3 Å². The molecule has 0 saturated heterocycles. The Labute approximate surface area is 137 Å². The van der Waals surface area contributed by atoms with Crippen LogP contribution in [0.3, 0.4) is 0 Å². The summed E-state index contributed by atoms with van der Waals surface area (Å²) in [4.78, 5) is 0. The fourth-order valence-electron chi connectivity index (χ4n) is 2.33. The molecule has 0 radical (unpaired) electrons. The van der Waals surface area contributed by atoms with E-state index in [0.29, 0.717) is 12.4 Å². The number of hydrogen-bond donors (Lipinski definition) is 2. The molecule has 1 aromatic heterocycles. The highest BCUT2D eigenvalue weighted by Crippen LogP contribution is 2.35. The molecule has 0 saturated carbocycles. The van der Waals surface area contributed by atoms with E-state index >= 15 is 0 Å². The lowest BCUT2D eigenvalue weighted by molar-refractivity contribution is 0.302. The first-order valence-corrected chi connectivity index (χ1v) is 7.70. The summed E-state index contributed by atoms with van der Waals surface area (Å²) in [6, 6.07) is 14.1. The molecular formula is C17H16BrN3O. The van der Waals surface area contributed by atoms with E-state index in [2.05, 4.69) is 26.1 Å². The molecule has 0 aliphatic heterocycles. The number of hydrogen-bond acceptors (Lipinski definition) is 3. The van der Waals surface area contributed by atoms with Crippen molar-refractivity contribution in [3.63, 3.8) is 0 Å². The average Bonchev–Trinajstić information content (AvgIpc) is 2.93. The van der Waals surface area contributed by atoms with Crippen LogP contribution in [0.4, 0.5) is 5.82 Å². The number of halogens is 1. The molecule has 0 aliphatic carbocycles. The highest BCUT2D eigenvalue weighted by molar-refractivity contribution is 9.10. The van der Waals surface area contributed by atoms with Gasteiger partial charge in [0.2, 0.25) is 0 Å². The summed E-state index contributed by atoms with van der Waals surface area (Å²) < 4.78 is 6.86. The van der Waals surface area contributed by atoms with Crippen LogP contribution in [-0.2, 0) is 6.61 Å². The summed E-state index contributed by atoms with van der Waals surface area (Å²) in [5.41, 5.74) is 9.95. The summed E-state index contributed by atoms with van der Waals surface area (Å²) in [7, 11) is 0. The van der Waals surface area contributed by atoms with Gasteiger partial charge in [0.15, 0.2) is 0 Å². The van der Waals surface area contributed by atoms with Crippen LogP contribution in [-0.4, -0.2) is 10.2 Å². The second kappa shape index (κ2) is 6.23.